The Balaban J connectivity index is 1.80. The molecule has 15 heavy (non-hydrogen) atoms. The van der Waals surface area contributed by atoms with Crippen LogP contribution in [0.3, 0.4) is 0 Å². The number of rotatable bonds is 4. The predicted octanol–water partition coefficient (Wildman–Crippen LogP) is 2.09. The maximum absolute atomic E-state index is 4.31. The number of aromatic nitrogens is 2. The highest BCUT2D eigenvalue weighted by Gasteiger charge is 2.21. The first-order valence-electron chi connectivity index (χ1n) is 5.97. The first kappa shape index (κ1) is 10.7. The summed E-state index contributed by atoms with van der Waals surface area (Å²) in [6, 6.07) is 0.629. The molecule has 2 rings (SSSR count). The van der Waals surface area contributed by atoms with Crippen LogP contribution in [0.4, 0.5) is 0 Å². The molecule has 1 N–H and O–H groups in total. The van der Waals surface area contributed by atoms with Gasteiger partial charge in [-0.05, 0) is 25.7 Å². The van der Waals surface area contributed by atoms with E-state index in [1.54, 1.807) is 0 Å². The van der Waals surface area contributed by atoms with Crippen molar-refractivity contribution in [2.45, 2.75) is 45.2 Å². The summed E-state index contributed by atoms with van der Waals surface area (Å²) in [5.74, 6) is 2.00. The third-order valence-electron chi connectivity index (χ3n) is 3.61. The SMILES string of the molecule is C[C@H](NCc1nccn1C)C1CCCC1. The number of aryl methyl sites for hydroxylation is 1. The lowest BCUT2D eigenvalue weighted by molar-refractivity contribution is 0.375. The Morgan fingerprint density at radius 2 is 2.27 bits per heavy atom. The third kappa shape index (κ3) is 2.59. The zero-order chi connectivity index (χ0) is 10.7. The highest BCUT2D eigenvalue weighted by molar-refractivity contribution is 4.91. The second kappa shape index (κ2) is 4.79. The molecule has 1 aliphatic carbocycles. The van der Waals surface area contributed by atoms with Gasteiger partial charge in [-0.25, -0.2) is 4.98 Å². The molecule has 0 amide bonds. The molecule has 1 aromatic heterocycles. The molecule has 0 bridgehead atoms. The Labute approximate surface area is 91.9 Å². The molecule has 0 saturated heterocycles. The molecule has 1 saturated carbocycles. The minimum atomic E-state index is 0.629. The van der Waals surface area contributed by atoms with Gasteiger partial charge >= 0.3 is 0 Å². The van der Waals surface area contributed by atoms with E-state index in [0.29, 0.717) is 6.04 Å². The molecule has 0 aromatic carbocycles. The molecule has 3 heteroatoms. The largest absolute Gasteiger partial charge is 0.337 e. The van der Waals surface area contributed by atoms with Crippen LogP contribution < -0.4 is 5.32 Å². The fourth-order valence-electron chi connectivity index (χ4n) is 2.44. The molecule has 0 aliphatic heterocycles. The first-order chi connectivity index (χ1) is 7.27. The van der Waals surface area contributed by atoms with Crippen molar-refractivity contribution in [2.75, 3.05) is 0 Å². The highest BCUT2D eigenvalue weighted by atomic mass is 15.1. The van der Waals surface area contributed by atoms with Crippen LogP contribution >= 0.6 is 0 Å². The molecule has 1 atom stereocenters. The summed E-state index contributed by atoms with van der Waals surface area (Å²) in [6.07, 6.45) is 9.48. The third-order valence-corrected chi connectivity index (χ3v) is 3.61. The molecule has 0 spiro atoms. The van der Waals surface area contributed by atoms with Gasteiger partial charge in [0.05, 0.1) is 6.54 Å². The zero-order valence-electron chi connectivity index (χ0n) is 9.74. The first-order valence-corrected chi connectivity index (χ1v) is 5.97. The van der Waals surface area contributed by atoms with Gasteiger partial charge in [0.25, 0.3) is 0 Å². The van der Waals surface area contributed by atoms with Crippen molar-refractivity contribution < 1.29 is 0 Å². The lowest BCUT2D eigenvalue weighted by Crippen LogP contribution is -2.32. The summed E-state index contributed by atoms with van der Waals surface area (Å²) in [4.78, 5) is 4.31. The molecule has 84 valence electrons. The molecule has 1 aliphatic rings. The second-order valence-corrected chi connectivity index (χ2v) is 4.67. The maximum atomic E-state index is 4.31. The lowest BCUT2D eigenvalue weighted by atomic mass is 10.00. The van der Waals surface area contributed by atoms with Gasteiger partial charge in [-0.2, -0.15) is 0 Å². The Hall–Kier alpha value is -0.830. The molecule has 1 aromatic rings. The van der Waals surface area contributed by atoms with Crippen LogP contribution in [-0.2, 0) is 13.6 Å². The van der Waals surface area contributed by atoms with Gasteiger partial charge < -0.3 is 9.88 Å². The van der Waals surface area contributed by atoms with E-state index >= 15 is 0 Å². The van der Waals surface area contributed by atoms with E-state index in [1.807, 2.05) is 19.4 Å². The zero-order valence-corrected chi connectivity index (χ0v) is 9.74. The normalized spacial score (nSPS) is 19.6. The number of hydrogen-bond acceptors (Lipinski definition) is 2. The minimum Gasteiger partial charge on any atom is -0.337 e. The smallest absolute Gasteiger partial charge is 0.122 e. The van der Waals surface area contributed by atoms with Crippen LogP contribution in [0.2, 0.25) is 0 Å². The summed E-state index contributed by atoms with van der Waals surface area (Å²) >= 11 is 0. The number of nitrogens with zero attached hydrogens (tertiary/aromatic N) is 2. The molecular weight excluding hydrogens is 186 g/mol. The van der Waals surface area contributed by atoms with E-state index in [2.05, 4.69) is 21.8 Å². The van der Waals surface area contributed by atoms with Crippen molar-refractivity contribution >= 4 is 0 Å². The van der Waals surface area contributed by atoms with Crippen LogP contribution in [0.5, 0.6) is 0 Å². The topological polar surface area (TPSA) is 29.9 Å². The van der Waals surface area contributed by atoms with Crippen LogP contribution in [0.25, 0.3) is 0 Å². The van der Waals surface area contributed by atoms with Gasteiger partial charge in [-0.1, -0.05) is 12.8 Å². The Kier molecular flexibility index (Phi) is 3.41. The van der Waals surface area contributed by atoms with E-state index in [1.165, 1.54) is 25.7 Å². The van der Waals surface area contributed by atoms with Gasteiger partial charge in [0, 0.05) is 25.5 Å². The number of nitrogens with one attached hydrogen (secondary N) is 1. The standard InChI is InChI=1S/C12H21N3/c1-10(11-5-3-4-6-11)14-9-12-13-7-8-15(12)2/h7-8,10-11,14H,3-6,9H2,1-2H3/t10-/m0/s1. The fourth-order valence-corrected chi connectivity index (χ4v) is 2.44. The van der Waals surface area contributed by atoms with E-state index in [-0.39, 0.29) is 0 Å². The maximum Gasteiger partial charge on any atom is 0.122 e. The van der Waals surface area contributed by atoms with Crippen molar-refractivity contribution in [1.82, 2.24) is 14.9 Å². The summed E-state index contributed by atoms with van der Waals surface area (Å²) in [5, 5.41) is 3.58. The van der Waals surface area contributed by atoms with Crippen molar-refractivity contribution in [3.8, 4) is 0 Å². The molecule has 1 fully saturated rings. The summed E-state index contributed by atoms with van der Waals surface area (Å²) in [6.45, 7) is 3.19. The highest BCUT2D eigenvalue weighted by Crippen LogP contribution is 2.27. The van der Waals surface area contributed by atoms with Gasteiger partial charge in [0.1, 0.15) is 5.82 Å². The average Bonchev–Trinajstić information content (AvgIpc) is 2.85. The Morgan fingerprint density at radius 3 is 2.87 bits per heavy atom. The van der Waals surface area contributed by atoms with Gasteiger partial charge in [0.15, 0.2) is 0 Å². The number of hydrogen-bond donors (Lipinski definition) is 1. The monoisotopic (exact) mass is 207 g/mol. The fraction of sp³-hybridized carbons (Fsp3) is 0.750. The Morgan fingerprint density at radius 1 is 1.53 bits per heavy atom. The van der Waals surface area contributed by atoms with Crippen LogP contribution in [-0.4, -0.2) is 15.6 Å². The second-order valence-electron chi connectivity index (χ2n) is 4.67. The van der Waals surface area contributed by atoms with Crippen molar-refractivity contribution in [1.29, 1.82) is 0 Å². The molecular formula is C12H21N3. The van der Waals surface area contributed by atoms with Crippen molar-refractivity contribution in [3.63, 3.8) is 0 Å². The van der Waals surface area contributed by atoms with Crippen molar-refractivity contribution in [2.24, 2.45) is 13.0 Å². The average molecular weight is 207 g/mol. The summed E-state index contributed by atoms with van der Waals surface area (Å²) < 4.78 is 2.08. The number of imidazole rings is 1. The van der Waals surface area contributed by atoms with Crippen LogP contribution in [0.15, 0.2) is 12.4 Å². The molecule has 0 unspecified atom stereocenters. The quantitative estimate of drug-likeness (QED) is 0.819. The van der Waals surface area contributed by atoms with E-state index < -0.39 is 0 Å². The van der Waals surface area contributed by atoms with Gasteiger partial charge in [0.2, 0.25) is 0 Å². The minimum absolute atomic E-state index is 0.629. The van der Waals surface area contributed by atoms with Crippen LogP contribution in [0.1, 0.15) is 38.4 Å². The lowest BCUT2D eigenvalue weighted by Gasteiger charge is -2.20. The van der Waals surface area contributed by atoms with E-state index in [9.17, 15) is 0 Å². The molecule has 3 nitrogen and oxygen atoms in total. The van der Waals surface area contributed by atoms with E-state index in [0.717, 1.165) is 18.3 Å². The summed E-state index contributed by atoms with van der Waals surface area (Å²) in [7, 11) is 2.05. The van der Waals surface area contributed by atoms with E-state index in [4.69, 9.17) is 0 Å². The molecule has 1 heterocycles. The van der Waals surface area contributed by atoms with Gasteiger partial charge in [-0.15, -0.1) is 0 Å². The van der Waals surface area contributed by atoms with Crippen molar-refractivity contribution in [3.05, 3.63) is 18.2 Å². The Bertz CT molecular complexity index is 300. The molecule has 0 radical (unpaired) electrons. The van der Waals surface area contributed by atoms with Crippen LogP contribution in [0, 0.1) is 5.92 Å². The predicted molar refractivity (Wildman–Crippen MR) is 61.5 cm³/mol. The summed E-state index contributed by atoms with van der Waals surface area (Å²) in [5.41, 5.74) is 0. The van der Waals surface area contributed by atoms with Gasteiger partial charge in [-0.3, -0.25) is 0 Å².